The number of allylic oxidation sites excluding steroid dienone is 5. The van der Waals surface area contributed by atoms with Crippen LogP contribution >= 0.6 is 0 Å². The zero-order valence-corrected chi connectivity index (χ0v) is 26.4. The van der Waals surface area contributed by atoms with Crippen molar-refractivity contribution >= 4 is 0 Å². The van der Waals surface area contributed by atoms with Gasteiger partial charge in [-0.25, -0.2) is 0 Å². The molecule has 2 heteroatoms. The number of nitrogens with one attached hydrogen (secondary N) is 2. The van der Waals surface area contributed by atoms with Crippen molar-refractivity contribution in [3.8, 4) is 0 Å². The molecule has 0 aromatic rings. The van der Waals surface area contributed by atoms with Crippen molar-refractivity contribution in [1.29, 1.82) is 0 Å². The molecule has 0 amide bonds. The third-order valence-electron chi connectivity index (χ3n) is 9.35. The number of hydrogen-bond donors (Lipinski definition) is 2. The van der Waals surface area contributed by atoms with E-state index in [1.165, 1.54) is 180 Å². The molecule has 0 aliphatic carbocycles. The monoisotopic (exact) mass is 551 g/mol. The van der Waals surface area contributed by atoms with Gasteiger partial charge in [0, 0.05) is 12.0 Å². The lowest BCUT2D eigenvalue weighted by Crippen LogP contribution is -3.08. The summed E-state index contributed by atoms with van der Waals surface area (Å²) in [5, 5.41) is 0. The highest BCUT2D eigenvalue weighted by atomic mass is 15.1. The fourth-order valence-corrected chi connectivity index (χ4v) is 6.76. The highest BCUT2D eigenvalue weighted by Gasteiger charge is 2.12. The molecule has 40 heavy (non-hydrogen) atoms. The summed E-state index contributed by atoms with van der Waals surface area (Å²) in [6.07, 6.45) is 53.0. The van der Waals surface area contributed by atoms with Gasteiger partial charge in [-0.1, -0.05) is 121 Å². The smallest absolute Gasteiger partial charge is 0.103 e. The second-order valence-corrected chi connectivity index (χ2v) is 13.1. The summed E-state index contributed by atoms with van der Waals surface area (Å²) < 4.78 is 0. The van der Waals surface area contributed by atoms with Crippen molar-refractivity contribution in [3.63, 3.8) is 0 Å². The molecule has 0 fully saturated rings. The number of quaternary nitrogens is 2. The summed E-state index contributed by atoms with van der Waals surface area (Å²) >= 11 is 0. The summed E-state index contributed by atoms with van der Waals surface area (Å²) in [5.74, 6) is 0. The second-order valence-electron chi connectivity index (χ2n) is 13.1. The van der Waals surface area contributed by atoms with Crippen molar-refractivity contribution in [2.24, 2.45) is 0 Å². The first kappa shape index (κ1) is 33.1. The minimum Gasteiger partial charge on any atom is -0.305 e. The Bertz CT molecular complexity index is 770. The molecule has 0 saturated heterocycles. The standard InChI is InChI=1S/C38H64N2/c1-3-7-11-15-19-23-31-39-33-26-30-38(36-39)28-22-18-14-10-6-2-4-8-12-16-20-24-32-40-34-25-29-37(35-40)27-21-17-13-9-5-1/h15,19,25-26,29-30,34,36H,1-14,16-18,20-24,27-28,31-33,35H2/p+2. The van der Waals surface area contributed by atoms with Crippen LogP contribution in [0.3, 0.4) is 0 Å². The van der Waals surface area contributed by atoms with Crippen LogP contribution < -0.4 is 9.80 Å². The average Bonchev–Trinajstić information content (AvgIpc) is 2.97. The van der Waals surface area contributed by atoms with Crippen LogP contribution in [0.15, 0.2) is 60.0 Å². The molecule has 4 bridgehead atoms. The zero-order valence-electron chi connectivity index (χ0n) is 26.4. The Balaban J connectivity index is 1.31. The van der Waals surface area contributed by atoms with E-state index in [4.69, 9.17) is 0 Å². The Morgan fingerprint density at radius 2 is 1.05 bits per heavy atom. The van der Waals surface area contributed by atoms with Gasteiger partial charge < -0.3 is 9.80 Å². The highest BCUT2D eigenvalue weighted by Crippen LogP contribution is 2.16. The molecule has 2 N–H and O–H groups in total. The Morgan fingerprint density at radius 3 is 1.75 bits per heavy atom. The third-order valence-corrected chi connectivity index (χ3v) is 9.35. The summed E-state index contributed by atoms with van der Waals surface area (Å²) in [6, 6.07) is 0. The SMILES string of the molecule is C1=C[NH+]2CCCCCCCCCCCCCCC3=C[NH+](CC=C3)CCC=CCCCCCCCCCCC(=C1)C2. The Kier molecular flexibility index (Phi) is 19.2. The van der Waals surface area contributed by atoms with Crippen molar-refractivity contribution < 1.29 is 9.80 Å². The molecule has 0 aromatic carbocycles. The fourth-order valence-electron chi connectivity index (χ4n) is 6.76. The van der Waals surface area contributed by atoms with E-state index >= 15 is 0 Å². The van der Waals surface area contributed by atoms with Gasteiger partial charge in [-0.3, -0.25) is 0 Å². The van der Waals surface area contributed by atoms with Crippen molar-refractivity contribution in [2.45, 2.75) is 154 Å². The van der Waals surface area contributed by atoms with Gasteiger partial charge in [0.15, 0.2) is 0 Å². The normalized spacial score (nSPS) is 27.2. The van der Waals surface area contributed by atoms with Crippen LogP contribution in [-0.4, -0.2) is 26.2 Å². The van der Waals surface area contributed by atoms with Crippen LogP contribution in [0.4, 0.5) is 0 Å². The maximum atomic E-state index is 2.53. The fraction of sp³-hybridized carbons (Fsp3) is 0.737. The van der Waals surface area contributed by atoms with Gasteiger partial charge in [0.05, 0.1) is 25.5 Å². The van der Waals surface area contributed by atoms with Crippen LogP contribution in [0.5, 0.6) is 0 Å². The van der Waals surface area contributed by atoms with Gasteiger partial charge in [-0.05, 0) is 69.1 Å². The lowest BCUT2D eigenvalue weighted by Gasteiger charge is -2.19. The van der Waals surface area contributed by atoms with Gasteiger partial charge in [0.25, 0.3) is 0 Å². The summed E-state index contributed by atoms with van der Waals surface area (Å²) in [6.45, 7) is 5.01. The third kappa shape index (κ3) is 16.8. The van der Waals surface area contributed by atoms with Crippen LogP contribution in [0, 0.1) is 0 Å². The molecule has 0 aromatic heterocycles. The predicted octanol–water partition coefficient (Wildman–Crippen LogP) is 8.60. The Hall–Kier alpha value is -1.38. The van der Waals surface area contributed by atoms with E-state index in [1.54, 1.807) is 20.9 Å². The lowest BCUT2D eigenvalue weighted by atomic mass is 10.0. The Labute approximate surface area is 249 Å². The number of rotatable bonds is 0. The summed E-state index contributed by atoms with van der Waals surface area (Å²) in [4.78, 5) is 3.34. The quantitative estimate of drug-likeness (QED) is 0.279. The van der Waals surface area contributed by atoms with Crippen molar-refractivity contribution in [2.75, 3.05) is 26.2 Å². The second kappa shape index (κ2) is 23.2. The van der Waals surface area contributed by atoms with E-state index in [-0.39, 0.29) is 0 Å². The molecule has 3 heterocycles. The van der Waals surface area contributed by atoms with Crippen LogP contribution in [0.1, 0.15) is 154 Å². The molecule has 3 rings (SSSR count). The molecule has 0 spiro atoms. The van der Waals surface area contributed by atoms with E-state index in [0.717, 1.165) is 0 Å². The van der Waals surface area contributed by atoms with E-state index in [1.807, 2.05) is 0 Å². The first-order valence-corrected chi connectivity index (χ1v) is 18.0. The van der Waals surface area contributed by atoms with Gasteiger partial charge in [0.2, 0.25) is 0 Å². The molecule has 0 saturated carbocycles. The maximum absolute atomic E-state index is 2.53. The maximum Gasteiger partial charge on any atom is 0.103 e. The average molecular weight is 551 g/mol. The molecule has 226 valence electrons. The molecular weight excluding hydrogens is 484 g/mol. The van der Waals surface area contributed by atoms with E-state index < -0.39 is 0 Å². The summed E-state index contributed by atoms with van der Waals surface area (Å²) in [5.41, 5.74) is 3.27. The molecule has 2 atom stereocenters. The first-order chi connectivity index (χ1) is 19.9. The van der Waals surface area contributed by atoms with Crippen molar-refractivity contribution in [1.82, 2.24) is 0 Å². The molecular formula is C38H66N2+2. The highest BCUT2D eigenvalue weighted by molar-refractivity contribution is 5.18. The molecule has 0 radical (unpaired) electrons. The van der Waals surface area contributed by atoms with Gasteiger partial charge in [0.1, 0.15) is 13.1 Å². The molecule has 3 aliphatic rings. The van der Waals surface area contributed by atoms with Crippen LogP contribution in [-0.2, 0) is 0 Å². The van der Waals surface area contributed by atoms with E-state index in [9.17, 15) is 0 Å². The van der Waals surface area contributed by atoms with Crippen molar-refractivity contribution in [3.05, 3.63) is 60.0 Å². The van der Waals surface area contributed by atoms with Gasteiger partial charge in [-0.15, -0.1) is 0 Å². The summed E-state index contributed by atoms with van der Waals surface area (Å²) in [7, 11) is 0. The number of fused-ring (bicyclic) bond motifs is 3. The van der Waals surface area contributed by atoms with E-state index in [2.05, 4.69) is 48.9 Å². The molecule has 3 aliphatic heterocycles. The minimum atomic E-state index is 1.17. The lowest BCUT2D eigenvalue weighted by molar-refractivity contribution is -0.842. The predicted molar refractivity (Wildman–Crippen MR) is 176 cm³/mol. The zero-order chi connectivity index (χ0) is 27.8. The van der Waals surface area contributed by atoms with Gasteiger partial charge in [-0.2, -0.15) is 0 Å². The van der Waals surface area contributed by atoms with Crippen LogP contribution in [0.2, 0.25) is 0 Å². The number of hydrogen-bond acceptors (Lipinski definition) is 0. The molecule has 2 unspecified atom stereocenters. The largest absolute Gasteiger partial charge is 0.305 e. The van der Waals surface area contributed by atoms with Gasteiger partial charge >= 0.3 is 0 Å². The first-order valence-electron chi connectivity index (χ1n) is 18.0. The minimum absolute atomic E-state index is 1.17. The molecule has 2 nitrogen and oxygen atoms in total. The van der Waals surface area contributed by atoms with Crippen LogP contribution in [0.25, 0.3) is 0 Å². The van der Waals surface area contributed by atoms with E-state index in [0.29, 0.717) is 0 Å². The topological polar surface area (TPSA) is 8.88 Å². The Morgan fingerprint density at radius 1 is 0.475 bits per heavy atom.